The zero-order chi connectivity index (χ0) is 14.5. The molecule has 3 atom stereocenters. The molecule has 3 unspecified atom stereocenters. The third-order valence-corrected chi connectivity index (χ3v) is 4.45. The Morgan fingerprint density at radius 1 is 1.37 bits per heavy atom. The van der Waals surface area contributed by atoms with E-state index in [1.54, 1.807) is 0 Å². The van der Waals surface area contributed by atoms with Gasteiger partial charge in [-0.2, -0.15) is 0 Å². The lowest BCUT2D eigenvalue weighted by Crippen LogP contribution is -2.54. The van der Waals surface area contributed by atoms with Crippen molar-refractivity contribution in [2.45, 2.75) is 71.0 Å². The summed E-state index contributed by atoms with van der Waals surface area (Å²) in [4.78, 5) is 14.5. The summed E-state index contributed by atoms with van der Waals surface area (Å²) in [6, 6.07) is 1.24. The molecule has 1 N–H and O–H groups in total. The third kappa shape index (κ3) is 4.18. The molecule has 0 aromatic carbocycles. The van der Waals surface area contributed by atoms with Gasteiger partial charge in [0, 0.05) is 18.6 Å². The van der Waals surface area contributed by atoms with Crippen LogP contribution in [0, 0.1) is 0 Å². The molecule has 1 saturated heterocycles. The summed E-state index contributed by atoms with van der Waals surface area (Å²) >= 11 is 0. The number of nitrogens with zero attached hydrogens (tertiary/aromatic N) is 1. The average molecular weight is 270 g/mol. The van der Waals surface area contributed by atoms with E-state index < -0.39 is 5.54 Å². The monoisotopic (exact) mass is 270 g/mol. The topological polar surface area (TPSA) is 41.6 Å². The first-order valence-electron chi connectivity index (χ1n) is 7.53. The van der Waals surface area contributed by atoms with Crippen LogP contribution >= 0.6 is 0 Å². The van der Waals surface area contributed by atoms with Gasteiger partial charge in [0.25, 0.3) is 0 Å². The van der Waals surface area contributed by atoms with E-state index in [4.69, 9.17) is 4.74 Å². The molecule has 0 aromatic rings. The van der Waals surface area contributed by atoms with Gasteiger partial charge in [-0.15, -0.1) is 0 Å². The van der Waals surface area contributed by atoms with Crippen LogP contribution in [-0.2, 0) is 9.53 Å². The van der Waals surface area contributed by atoms with Gasteiger partial charge < -0.3 is 10.1 Å². The molecule has 1 aliphatic heterocycles. The van der Waals surface area contributed by atoms with E-state index in [1.165, 1.54) is 26.4 Å². The largest absolute Gasteiger partial charge is 0.468 e. The molecule has 4 nitrogen and oxygen atoms in total. The number of methoxy groups -OCH3 is 1. The zero-order valence-electron chi connectivity index (χ0n) is 13.2. The van der Waals surface area contributed by atoms with Crippen LogP contribution in [0.4, 0.5) is 0 Å². The Hall–Kier alpha value is -0.610. The molecule has 0 bridgehead atoms. The second-order valence-corrected chi connectivity index (χ2v) is 5.97. The minimum Gasteiger partial charge on any atom is -0.468 e. The van der Waals surface area contributed by atoms with Gasteiger partial charge in [-0.3, -0.25) is 9.69 Å². The van der Waals surface area contributed by atoms with Crippen molar-refractivity contribution in [1.29, 1.82) is 0 Å². The Bertz CT molecular complexity index is 286. The van der Waals surface area contributed by atoms with E-state index in [-0.39, 0.29) is 5.97 Å². The van der Waals surface area contributed by atoms with Gasteiger partial charge >= 0.3 is 5.97 Å². The van der Waals surface area contributed by atoms with Gasteiger partial charge in [0.1, 0.15) is 5.54 Å². The molecule has 0 amide bonds. The highest BCUT2D eigenvalue weighted by atomic mass is 16.5. The minimum atomic E-state index is -0.569. The van der Waals surface area contributed by atoms with Crippen LogP contribution in [0.15, 0.2) is 0 Å². The second-order valence-electron chi connectivity index (χ2n) is 5.97. The van der Waals surface area contributed by atoms with Crippen LogP contribution in [-0.4, -0.2) is 48.7 Å². The summed E-state index contributed by atoms with van der Waals surface area (Å²) in [5, 5.41) is 3.28. The Labute approximate surface area is 117 Å². The van der Waals surface area contributed by atoms with Gasteiger partial charge in [-0.25, -0.2) is 0 Å². The maximum Gasteiger partial charge on any atom is 0.325 e. The van der Waals surface area contributed by atoms with Crippen LogP contribution in [0.1, 0.15) is 53.4 Å². The zero-order valence-corrected chi connectivity index (χ0v) is 13.2. The number of rotatable bonds is 6. The fourth-order valence-corrected chi connectivity index (χ4v) is 3.15. The lowest BCUT2D eigenvalue weighted by molar-refractivity contribution is -0.148. The van der Waals surface area contributed by atoms with Gasteiger partial charge in [-0.05, 0) is 46.6 Å². The van der Waals surface area contributed by atoms with Gasteiger partial charge in [-0.1, -0.05) is 13.3 Å². The lowest BCUT2D eigenvalue weighted by atomic mass is 9.93. The summed E-state index contributed by atoms with van der Waals surface area (Å²) in [7, 11) is 1.46. The Morgan fingerprint density at radius 2 is 1.95 bits per heavy atom. The van der Waals surface area contributed by atoms with Crippen LogP contribution in [0.25, 0.3) is 0 Å². The van der Waals surface area contributed by atoms with E-state index in [1.807, 2.05) is 13.8 Å². The molecule has 1 heterocycles. The van der Waals surface area contributed by atoms with Crippen molar-refractivity contribution in [3.8, 4) is 0 Å². The number of hydrogen-bond acceptors (Lipinski definition) is 4. The maximum atomic E-state index is 12.0. The number of likely N-dealkylation sites (N-methyl/N-ethyl adjacent to an activating group) is 1. The molecule has 19 heavy (non-hydrogen) atoms. The molecule has 0 aromatic heterocycles. The first kappa shape index (κ1) is 16.4. The molecular weight excluding hydrogens is 240 g/mol. The van der Waals surface area contributed by atoms with E-state index >= 15 is 0 Å². The highest BCUT2D eigenvalue weighted by Crippen LogP contribution is 2.24. The number of piperidine rings is 1. The third-order valence-electron chi connectivity index (χ3n) is 4.45. The summed E-state index contributed by atoms with van der Waals surface area (Å²) < 4.78 is 4.94. The molecule has 0 spiro atoms. The van der Waals surface area contributed by atoms with Crippen LogP contribution < -0.4 is 5.32 Å². The molecule has 0 aliphatic carbocycles. The van der Waals surface area contributed by atoms with Crippen LogP contribution in [0.5, 0.6) is 0 Å². The van der Waals surface area contributed by atoms with Gasteiger partial charge in [0.05, 0.1) is 7.11 Å². The number of esters is 1. The molecular formula is C15H30N2O2. The predicted octanol–water partition coefficient (Wildman–Crippen LogP) is 2.18. The highest BCUT2D eigenvalue weighted by molar-refractivity contribution is 5.80. The number of likely N-dealkylation sites (tertiary alicyclic amines) is 1. The number of carbonyl (C=O) groups is 1. The Balaban J connectivity index is 2.62. The first-order chi connectivity index (χ1) is 8.94. The van der Waals surface area contributed by atoms with Crippen molar-refractivity contribution < 1.29 is 9.53 Å². The summed E-state index contributed by atoms with van der Waals surface area (Å²) in [6.07, 6.45) is 4.64. The van der Waals surface area contributed by atoms with Crippen molar-refractivity contribution in [3.63, 3.8) is 0 Å². The van der Waals surface area contributed by atoms with Crippen molar-refractivity contribution >= 4 is 5.97 Å². The second kappa shape index (κ2) is 7.25. The molecule has 1 fully saturated rings. The summed E-state index contributed by atoms with van der Waals surface area (Å²) in [5.74, 6) is -0.160. The fourth-order valence-electron chi connectivity index (χ4n) is 3.15. The summed E-state index contributed by atoms with van der Waals surface area (Å²) in [6.45, 7) is 10.3. The highest BCUT2D eigenvalue weighted by Gasteiger charge is 2.35. The Kier molecular flexibility index (Phi) is 6.27. The number of hydrogen-bond donors (Lipinski definition) is 1. The standard InChI is InChI=1S/C15H30N2O2/c1-6-16-15(4,14(18)19-5)10-11-17-12(2)8-7-9-13(17)3/h12-13,16H,6-11H2,1-5H3. The van der Waals surface area contributed by atoms with Crippen molar-refractivity contribution in [3.05, 3.63) is 0 Å². The first-order valence-corrected chi connectivity index (χ1v) is 7.53. The van der Waals surface area contributed by atoms with E-state index in [2.05, 4.69) is 24.1 Å². The molecule has 1 aliphatic rings. The molecule has 1 rings (SSSR count). The van der Waals surface area contributed by atoms with Crippen molar-refractivity contribution in [2.75, 3.05) is 20.2 Å². The van der Waals surface area contributed by atoms with E-state index in [9.17, 15) is 4.79 Å². The normalized spacial score (nSPS) is 27.8. The van der Waals surface area contributed by atoms with Gasteiger partial charge in [0.2, 0.25) is 0 Å². The smallest absolute Gasteiger partial charge is 0.325 e. The van der Waals surface area contributed by atoms with E-state index in [0.717, 1.165) is 19.5 Å². The van der Waals surface area contributed by atoms with Crippen molar-refractivity contribution in [1.82, 2.24) is 10.2 Å². The van der Waals surface area contributed by atoms with Gasteiger partial charge in [0.15, 0.2) is 0 Å². The quantitative estimate of drug-likeness (QED) is 0.751. The molecule has 0 saturated carbocycles. The SMILES string of the molecule is CCNC(C)(CCN1C(C)CCCC1C)C(=O)OC. The molecule has 4 heteroatoms. The Morgan fingerprint density at radius 3 is 2.42 bits per heavy atom. The van der Waals surface area contributed by atoms with E-state index in [0.29, 0.717) is 12.1 Å². The fraction of sp³-hybridized carbons (Fsp3) is 0.933. The lowest BCUT2D eigenvalue weighted by Gasteiger charge is -2.40. The summed E-state index contributed by atoms with van der Waals surface area (Å²) in [5.41, 5.74) is -0.569. The number of ether oxygens (including phenoxy) is 1. The maximum absolute atomic E-state index is 12.0. The number of carbonyl (C=O) groups excluding carboxylic acids is 1. The minimum absolute atomic E-state index is 0.160. The average Bonchev–Trinajstić information content (AvgIpc) is 2.37. The molecule has 112 valence electrons. The number of nitrogens with one attached hydrogen (secondary N) is 1. The van der Waals surface area contributed by atoms with Crippen LogP contribution in [0.3, 0.4) is 0 Å². The van der Waals surface area contributed by atoms with Crippen molar-refractivity contribution in [2.24, 2.45) is 0 Å². The van der Waals surface area contributed by atoms with Crippen LogP contribution in [0.2, 0.25) is 0 Å². The molecule has 0 radical (unpaired) electrons. The predicted molar refractivity (Wildman–Crippen MR) is 78.2 cm³/mol.